The number of hydrogen-bond donors (Lipinski definition) is 0. The minimum absolute atomic E-state index is 0.193. The monoisotopic (exact) mass is 370 g/mol. The van der Waals surface area contributed by atoms with Crippen molar-refractivity contribution in [1.82, 2.24) is 19.6 Å². The number of benzene rings is 1. The third-order valence-electron chi connectivity index (χ3n) is 6.06. The summed E-state index contributed by atoms with van der Waals surface area (Å²) in [6.07, 6.45) is 6.40. The summed E-state index contributed by atoms with van der Waals surface area (Å²) in [6, 6.07) is 7.35. The fraction of sp³-hybridized carbons (Fsp3) is 0.524. The minimum Gasteiger partial charge on any atom is -0.337 e. The van der Waals surface area contributed by atoms with E-state index in [4.69, 9.17) is 0 Å². The molecule has 2 aromatic rings. The van der Waals surface area contributed by atoms with Crippen LogP contribution in [0.3, 0.4) is 0 Å². The zero-order chi connectivity index (χ0) is 19.0. The number of carbonyl (C=O) groups is 1. The maximum atomic E-state index is 13.4. The summed E-state index contributed by atoms with van der Waals surface area (Å²) in [6.45, 7) is 4.37. The lowest BCUT2D eigenvalue weighted by molar-refractivity contribution is -0.133. The lowest BCUT2D eigenvalue weighted by Crippen LogP contribution is -2.50. The van der Waals surface area contributed by atoms with E-state index >= 15 is 0 Å². The van der Waals surface area contributed by atoms with E-state index in [-0.39, 0.29) is 23.7 Å². The molecule has 0 unspecified atom stereocenters. The molecule has 0 radical (unpaired) electrons. The van der Waals surface area contributed by atoms with Crippen LogP contribution in [0.25, 0.3) is 0 Å². The minimum atomic E-state index is -0.215. The van der Waals surface area contributed by atoms with Gasteiger partial charge in [0.2, 0.25) is 5.91 Å². The Kier molecular flexibility index (Phi) is 5.00. The van der Waals surface area contributed by atoms with Crippen molar-refractivity contribution in [1.29, 1.82) is 0 Å². The zero-order valence-electron chi connectivity index (χ0n) is 16.0. The van der Waals surface area contributed by atoms with Gasteiger partial charge in [-0.3, -0.25) is 9.48 Å². The molecule has 0 bridgehead atoms. The molecule has 3 atom stereocenters. The molecule has 0 spiro atoms. The number of aromatic nitrogens is 2. The van der Waals surface area contributed by atoms with Crippen LogP contribution in [-0.4, -0.2) is 57.7 Å². The largest absolute Gasteiger partial charge is 0.337 e. The molecule has 0 aliphatic carbocycles. The summed E-state index contributed by atoms with van der Waals surface area (Å²) in [4.78, 5) is 17.5. The predicted molar refractivity (Wildman–Crippen MR) is 102 cm³/mol. The molecule has 1 amide bonds. The van der Waals surface area contributed by atoms with Gasteiger partial charge in [-0.2, -0.15) is 5.10 Å². The van der Waals surface area contributed by atoms with Gasteiger partial charge in [-0.1, -0.05) is 12.1 Å². The molecule has 2 fully saturated rings. The zero-order valence-corrected chi connectivity index (χ0v) is 16.0. The lowest BCUT2D eigenvalue weighted by Gasteiger charge is -2.39. The number of likely N-dealkylation sites (tertiary alicyclic amines) is 2. The number of halogens is 1. The van der Waals surface area contributed by atoms with Crippen LogP contribution in [0.4, 0.5) is 4.39 Å². The molecule has 0 saturated carbocycles. The Labute approximate surface area is 159 Å². The first-order valence-electron chi connectivity index (χ1n) is 9.77. The second-order valence-corrected chi connectivity index (χ2v) is 7.92. The normalized spacial score (nSPS) is 25.6. The molecule has 144 valence electrons. The van der Waals surface area contributed by atoms with E-state index in [0.717, 1.165) is 30.5 Å². The summed E-state index contributed by atoms with van der Waals surface area (Å²) in [7, 11) is 2.15. The van der Waals surface area contributed by atoms with Crippen LogP contribution < -0.4 is 0 Å². The van der Waals surface area contributed by atoms with Crippen LogP contribution in [0.2, 0.25) is 0 Å². The highest BCUT2D eigenvalue weighted by Crippen LogP contribution is 2.39. The quantitative estimate of drug-likeness (QED) is 0.831. The summed E-state index contributed by atoms with van der Waals surface area (Å²) in [5.41, 5.74) is 2.23. The standard InChI is InChI=1S/C21H27FN4O/c1-15-12-23-25(13-15)11-9-20(27)26-14-18(16-5-7-17(22)8-6-16)21-19(26)4-3-10-24(21)2/h5-8,12-13,18-19,21H,3-4,9-11,14H2,1-2H3/t18-,19-,21-/m1/s1. The highest BCUT2D eigenvalue weighted by molar-refractivity contribution is 5.77. The van der Waals surface area contributed by atoms with Gasteiger partial charge in [0.15, 0.2) is 0 Å². The van der Waals surface area contributed by atoms with Crippen molar-refractivity contribution >= 4 is 5.91 Å². The summed E-state index contributed by atoms with van der Waals surface area (Å²) >= 11 is 0. The highest BCUT2D eigenvalue weighted by atomic mass is 19.1. The maximum Gasteiger partial charge on any atom is 0.224 e. The van der Waals surface area contributed by atoms with Gasteiger partial charge in [0.05, 0.1) is 6.20 Å². The van der Waals surface area contributed by atoms with Gasteiger partial charge in [-0.25, -0.2) is 4.39 Å². The van der Waals surface area contributed by atoms with E-state index in [1.54, 1.807) is 0 Å². The molecule has 5 nitrogen and oxygen atoms in total. The number of nitrogens with zero attached hydrogens (tertiary/aromatic N) is 4. The smallest absolute Gasteiger partial charge is 0.224 e. The van der Waals surface area contributed by atoms with Gasteiger partial charge in [0.1, 0.15) is 5.82 Å². The predicted octanol–water partition coefficient (Wildman–Crippen LogP) is 2.81. The number of hydrogen-bond acceptors (Lipinski definition) is 3. The molecule has 1 aromatic heterocycles. The molecule has 1 aromatic carbocycles. The average Bonchev–Trinajstić information content (AvgIpc) is 3.25. The molecule has 0 N–H and O–H groups in total. The topological polar surface area (TPSA) is 41.4 Å². The molecular weight excluding hydrogens is 343 g/mol. The van der Waals surface area contributed by atoms with Gasteiger partial charge in [-0.15, -0.1) is 0 Å². The van der Waals surface area contributed by atoms with Crippen molar-refractivity contribution in [3.63, 3.8) is 0 Å². The van der Waals surface area contributed by atoms with Crippen molar-refractivity contribution in [3.8, 4) is 0 Å². The second-order valence-electron chi connectivity index (χ2n) is 7.92. The number of likely N-dealkylation sites (N-methyl/N-ethyl adjacent to an activating group) is 1. The Hall–Kier alpha value is -2.21. The Morgan fingerprint density at radius 3 is 2.78 bits per heavy atom. The number of carbonyl (C=O) groups excluding carboxylic acids is 1. The molecule has 6 heteroatoms. The molecule has 3 heterocycles. The average molecular weight is 370 g/mol. The van der Waals surface area contributed by atoms with E-state index in [9.17, 15) is 9.18 Å². The number of piperidine rings is 1. The second kappa shape index (κ2) is 7.43. The Morgan fingerprint density at radius 1 is 1.30 bits per heavy atom. The van der Waals surface area contributed by atoms with Crippen LogP contribution in [0.1, 0.15) is 36.3 Å². The molecule has 4 rings (SSSR count). The fourth-order valence-corrected chi connectivity index (χ4v) is 4.78. The van der Waals surface area contributed by atoms with E-state index in [0.29, 0.717) is 25.6 Å². The van der Waals surface area contributed by atoms with Crippen LogP contribution >= 0.6 is 0 Å². The van der Waals surface area contributed by atoms with E-state index in [1.165, 1.54) is 12.1 Å². The molecule has 27 heavy (non-hydrogen) atoms. The van der Waals surface area contributed by atoms with Gasteiger partial charge in [0.25, 0.3) is 0 Å². The maximum absolute atomic E-state index is 13.4. The molecule has 2 aliphatic heterocycles. The van der Waals surface area contributed by atoms with Crippen LogP contribution in [0, 0.1) is 12.7 Å². The number of rotatable bonds is 4. The Morgan fingerprint density at radius 2 is 2.07 bits per heavy atom. The van der Waals surface area contributed by atoms with E-state index in [2.05, 4.69) is 21.9 Å². The number of aryl methyl sites for hydroxylation is 2. The number of amides is 1. The lowest BCUT2D eigenvalue weighted by atomic mass is 9.86. The van der Waals surface area contributed by atoms with Gasteiger partial charge in [0, 0.05) is 43.7 Å². The summed E-state index contributed by atoms with van der Waals surface area (Å²) < 4.78 is 15.2. The van der Waals surface area contributed by atoms with Crippen molar-refractivity contribution in [2.75, 3.05) is 20.1 Å². The Balaban J connectivity index is 1.52. The molecule has 2 aliphatic rings. The molecular formula is C21H27FN4O. The van der Waals surface area contributed by atoms with E-state index < -0.39 is 0 Å². The van der Waals surface area contributed by atoms with Crippen molar-refractivity contribution < 1.29 is 9.18 Å². The van der Waals surface area contributed by atoms with E-state index in [1.807, 2.05) is 36.1 Å². The molecule has 2 saturated heterocycles. The van der Waals surface area contributed by atoms with Crippen molar-refractivity contribution in [2.24, 2.45) is 0 Å². The van der Waals surface area contributed by atoms with Crippen molar-refractivity contribution in [2.45, 2.75) is 50.7 Å². The fourth-order valence-electron chi connectivity index (χ4n) is 4.78. The SMILES string of the molecule is Cc1cnn(CCC(=O)N2C[C@H](c3ccc(F)cc3)[C@@H]3[C@H]2CCCN3C)c1. The Bertz CT molecular complexity index is 803. The van der Waals surface area contributed by atoms with Crippen LogP contribution in [-0.2, 0) is 11.3 Å². The first-order chi connectivity index (χ1) is 13.0. The van der Waals surface area contributed by atoms with Crippen LogP contribution in [0.5, 0.6) is 0 Å². The number of fused-ring (bicyclic) bond motifs is 1. The third kappa shape index (κ3) is 3.63. The highest BCUT2D eigenvalue weighted by Gasteiger charge is 2.47. The third-order valence-corrected chi connectivity index (χ3v) is 6.06. The summed E-state index contributed by atoms with van der Waals surface area (Å²) in [5.74, 6) is 0.211. The summed E-state index contributed by atoms with van der Waals surface area (Å²) in [5, 5.41) is 4.28. The first kappa shape index (κ1) is 18.2. The van der Waals surface area contributed by atoms with Gasteiger partial charge in [-0.05, 0) is 56.6 Å². The van der Waals surface area contributed by atoms with Gasteiger partial charge >= 0.3 is 0 Å². The van der Waals surface area contributed by atoms with Gasteiger partial charge < -0.3 is 9.80 Å². The van der Waals surface area contributed by atoms with Crippen LogP contribution in [0.15, 0.2) is 36.7 Å². The first-order valence-corrected chi connectivity index (χ1v) is 9.77. The van der Waals surface area contributed by atoms with Crippen molar-refractivity contribution in [3.05, 3.63) is 53.6 Å².